The second kappa shape index (κ2) is 9.33. The molecule has 0 spiro atoms. The third kappa shape index (κ3) is 5.40. The first-order chi connectivity index (χ1) is 9.31. The fourth-order valence-corrected chi connectivity index (χ4v) is 2.77. The highest BCUT2D eigenvalue weighted by atomic mass is 127. The third-order valence-corrected chi connectivity index (χ3v) is 4.14. The van der Waals surface area contributed by atoms with Crippen molar-refractivity contribution in [1.82, 2.24) is 15.6 Å². The van der Waals surface area contributed by atoms with E-state index in [9.17, 15) is 0 Å². The highest BCUT2D eigenvalue weighted by molar-refractivity contribution is 14.0. The Morgan fingerprint density at radius 1 is 1.40 bits per heavy atom. The summed E-state index contributed by atoms with van der Waals surface area (Å²) in [6, 6.07) is 0.486. The van der Waals surface area contributed by atoms with E-state index in [2.05, 4.69) is 46.6 Å². The zero-order valence-electron chi connectivity index (χ0n) is 12.1. The van der Waals surface area contributed by atoms with E-state index in [4.69, 9.17) is 0 Å². The number of thiazole rings is 1. The number of aryl methyl sites for hydroxylation is 1. The van der Waals surface area contributed by atoms with Crippen LogP contribution < -0.4 is 10.6 Å². The molecule has 2 N–H and O–H groups in total. The van der Waals surface area contributed by atoms with E-state index in [0.29, 0.717) is 12.6 Å². The van der Waals surface area contributed by atoms with Gasteiger partial charge in [0.1, 0.15) is 5.01 Å². The zero-order valence-corrected chi connectivity index (χ0v) is 15.2. The van der Waals surface area contributed by atoms with E-state index in [1.807, 2.05) is 6.20 Å². The van der Waals surface area contributed by atoms with Crippen molar-refractivity contribution < 1.29 is 0 Å². The minimum atomic E-state index is 0. The Hall–Kier alpha value is -0.630. The molecule has 20 heavy (non-hydrogen) atoms. The molecule has 4 nitrogen and oxygen atoms in total. The van der Waals surface area contributed by atoms with Gasteiger partial charge in [-0.05, 0) is 26.2 Å². The van der Waals surface area contributed by atoms with Crippen molar-refractivity contribution in [1.29, 1.82) is 0 Å². The molecular weight excluding hydrogens is 383 g/mol. The van der Waals surface area contributed by atoms with Gasteiger partial charge in [-0.15, -0.1) is 35.3 Å². The minimum Gasteiger partial charge on any atom is -0.357 e. The summed E-state index contributed by atoms with van der Waals surface area (Å²) in [5.41, 5.74) is 0. The Balaban J connectivity index is 0.00000200. The summed E-state index contributed by atoms with van der Waals surface area (Å²) in [6.07, 6.45) is 9.61. The Bertz CT molecular complexity index is 448. The van der Waals surface area contributed by atoms with E-state index in [1.165, 1.54) is 4.88 Å². The Morgan fingerprint density at radius 3 is 2.75 bits per heavy atom. The largest absolute Gasteiger partial charge is 0.357 e. The number of guanidine groups is 1. The van der Waals surface area contributed by atoms with Crippen molar-refractivity contribution >= 4 is 41.3 Å². The lowest BCUT2D eigenvalue weighted by Gasteiger charge is -2.16. The number of aliphatic imine (C=N–C) groups is 1. The van der Waals surface area contributed by atoms with Gasteiger partial charge in [0.15, 0.2) is 5.96 Å². The Morgan fingerprint density at radius 2 is 2.15 bits per heavy atom. The maximum atomic E-state index is 4.61. The van der Waals surface area contributed by atoms with Gasteiger partial charge in [0.05, 0.1) is 6.54 Å². The zero-order chi connectivity index (χ0) is 13.5. The van der Waals surface area contributed by atoms with E-state index in [-0.39, 0.29) is 24.0 Å². The molecule has 0 saturated carbocycles. The van der Waals surface area contributed by atoms with Gasteiger partial charge in [0, 0.05) is 23.7 Å². The summed E-state index contributed by atoms with van der Waals surface area (Å²) in [6.45, 7) is 5.77. The molecule has 0 aliphatic heterocycles. The van der Waals surface area contributed by atoms with Crippen molar-refractivity contribution in [2.24, 2.45) is 4.99 Å². The maximum absolute atomic E-state index is 4.61. The first-order valence-corrected chi connectivity index (χ1v) is 7.76. The maximum Gasteiger partial charge on any atom is 0.191 e. The molecule has 6 heteroatoms. The van der Waals surface area contributed by atoms with Gasteiger partial charge < -0.3 is 10.6 Å². The minimum absolute atomic E-state index is 0. The van der Waals surface area contributed by atoms with Crippen LogP contribution in [0.3, 0.4) is 0 Å². The van der Waals surface area contributed by atoms with Crippen LogP contribution in [-0.2, 0) is 13.0 Å². The molecule has 0 saturated heterocycles. The van der Waals surface area contributed by atoms with Gasteiger partial charge in [0.2, 0.25) is 0 Å². The van der Waals surface area contributed by atoms with Crippen LogP contribution in [0.25, 0.3) is 0 Å². The normalized spacial score (nSPS) is 15.2. The Labute approximate surface area is 142 Å². The summed E-state index contributed by atoms with van der Waals surface area (Å²) in [4.78, 5) is 10.3. The third-order valence-electron chi connectivity index (χ3n) is 3.02. The highest BCUT2D eigenvalue weighted by Crippen LogP contribution is 2.14. The topological polar surface area (TPSA) is 49.3 Å². The lowest BCUT2D eigenvalue weighted by atomic mass is 10.2. The van der Waals surface area contributed by atoms with Crippen LogP contribution in [0.2, 0.25) is 0 Å². The molecule has 1 aliphatic carbocycles. The quantitative estimate of drug-likeness (QED) is 0.342. The van der Waals surface area contributed by atoms with Gasteiger partial charge in [-0.25, -0.2) is 9.98 Å². The predicted octanol–water partition coefficient (Wildman–Crippen LogP) is 3.10. The first-order valence-electron chi connectivity index (χ1n) is 6.95. The van der Waals surface area contributed by atoms with Crippen LogP contribution in [0.4, 0.5) is 0 Å². The average molecular weight is 406 g/mol. The van der Waals surface area contributed by atoms with Crippen LogP contribution in [0, 0.1) is 0 Å². The summed E-state index contributed by atoms with van der Waals surface area (Å²) in [5.74, 6) is 0.893. The first kappa shape index (κ1) is 17.4. The van der Waals surface area contributed by atoms with E-state index < -0.39 is 0 Å². The van der Waals surface area contributed by atoms with E-state index in [1.54, 1.807) is 11.3 Å². The molecule has 0 aromatic carbocycles. The number of halogens is 1. The number of nitrogens with zero attached hydrogens (tertiary/aromatic N) is 2. The number of aromatic nitrogens is 1. The second-order valence-electron chi connectivity index (χ2n) is 4.55. The smallest absolute Gasteiger partial charge is 0.191 e. The second-order valence-corrected chi connectivity index (χ2v) is 5.75. The molecule has 112 valence electrons. The van der Waals surface area contributed by atoms with Crippen LogP contribution >= 0.6 is 35.3 Å². The van der Waals surface area contributed by atoms with Crippen molar-refractivity contribution in [3.63, 3.8) is 0 Å². The molecule has 0 amide bonds. The molecule has 0 atom stereocenters. The fourth-order valence-electron chi connectivity index (χ4n) is 1.98. The monoisotopic (exact) mass is 406 g/mol. The Kier molecular flexibility index (Phi) is 8.13. The molecule has 0 radical (unpaired) electrons. The van der Waals surface area contributed by atoms with Crippen molar-refractivity contribution in [2.45, 2.75) is 45.7 Å². The van der Waals surface area contributed by atoms with Crippen molar-refractivity contribution in [2.75, 3.05) is 6.54 Å². The summed E-state index contributed by atoms with van der Waals surface area (Å²) < 4.78 is 0. The van der Waals surface area contributed by atoms with Gasteiger partial charge in [-0.3, -0.25) is 0 Å². The molecule has 0 fully saturated rings. The lowest BCUT2D eigenvalue weighted by Crippen LogP contribution is -2.42. The highest BCUT2D eigenvalue weighted by Gasteiger charge is 2.11. The molecule has 2 rings (SSSR count). The molecule has 0 bridgehead atoms. The van der Waals surface area contributed by atoms with E-state index >= 15 is 0 Å². The number of hydrogen-bond acceptors (Lipinski definition) is 3. The van der Waals surface area contributed by atoms with Crippen LogP contribution in [0.5, 0.6) is 0 Å². The number of rotatable bonds is 5. The van der Waals surface area contributed by atoms with Crippen molar-refractivity contribution in [3.05, 3.63) is 28.2 Å². The SMILES string of the molecule is CCNC(=NCc1ncc(CC)s1)NC1CC=CC1.I. The molecule has 1 heterocycles. The van der Waals surface area contributed by atoms with Crippen LogP contribution in [0.1, 0.15) is 36.6 Å². The average Bonchev–Trinajstić information content (AvgIpc) is 3.07. The molecule has 0 unspecified atom stereocenters. The van der Waals surface area contributed by atoms with Gasteiger partial charge >= 0.3 is 0 Å². The standard InChI is InChI=1S/C14H22N4S.HI/c1-3-12-9-16-13(19-12)10-17-14(15-4-2)18-11-7-5-6-8-11;/h5-6,9,11H,3-4,7-8,10H2,1-2H3,(H2,15,17,18);1H. The van der Waals surface area contributed by atoms with Gasteiger partial charge in [-0.1, -0.05) is 19.1 Å². The summed E-state index contributed by atoms with van der Waals surface area (Å²) in [5, 5.41) is 7.83. The van der Waals surface area contributed by atoms with Gasteiger partial charge in [0.25, 0.3) is 0 Å². The molecule has 1 aliphatic rings. The summed E-state index contributed by atoms with van der Waals surface area (Å²) in [7, 11) is 0. The molecule has 1 aromatic heterocycles. The van der Waals surface area contributed by atoms with Crippen LogP contribution in [0.15, 0.2) is 23.3 Å². The van der Waals surface area contributed by atoms with E-state index in [0.717, 1.165) is 36.8 Å². The molecule has 1 aromatic rings. The molecular formula is C14H23IN4S. The van der Waals surface area contributed by atoms with Gasteiger partial charge in [-0.2, -0.15) is 0 Å². The summed E-state index contributed by atoms with van der Waals surface area (Å²) >= 11 is 1.75. The number of hydrogen-bond donors (Lipinski definition) is 2. The predicted molar refractivity (Wildman–Crippen MR) is 97.0 cm³/mol. The number of nitrogens with one attached hydrogen (secondary N) is 2. The van der Waals surface area contributed by atoms with Crippen LogP contribution in [-0.4, -0.2) is 23.5 Å². The lowest BCUT2D eigenvalue weighted by molar-refractivity contribution is 0.633. The fraction of sp³-hybridized carbons (Fsp3) is 0.571. The van der Waals surface area contributed by atoms with Crippen molar-refractivity contribution in [3.8, 4) is 0 Å².